The number of hydrogen-bond donors (Lipinski definition) is 1. The molecular formula is C19H15N5O. The van der Waals surface area contributed by atoms with E-state index in [2.05, 4.69) is 20.3 Å². The molecule has 0 saturated heterocycles. The van der Waals surface area contributed by atoms with Gasteiger partial charge in [-0.25, -0.2) is 15.0 Å². The molecule has 122 valence electrons. The molecule has 0 radical (unpaired) electrons. The maximum absolute atomic E-state index is 12.6. The van der Waals surface area contributed by atoms with Crippen LogP contribution in [0, 0.1) is 6.92 Å². The fourth-order valence-electron chi connectivity index (χ4n) is 2.72. The number of anilines is 1. The summed E-state index contributed by atoms with van der Waals surface area (Å²) in [4.78, 5) is 25.3. The normalized spacial score (nSPS) is 10.8. The molecule has 0 bridgehead atoms. The highest BCUT2D eigenvalue weighted by atomic mass is 16.1. The number of fused-ring (bicyclic) bond motifs is 1. The molecule has 1 N–H and O–H groups in total. The van der Waals surface area contributed by atoms with Crippen LogP contribution in [0.2, 0.25) is 0 Å². The number of hydrogen-bond acceptors (Lipinski definition) is 4. The number of aryl methyl sites for hydroxylation is 1. The molecule has 2 heterocycles. The van der Waals surface area contributed by atoms with Crippen LogP contribution in [0.25, 0.3) is 16.7 Å². The Morgan fingerprint density at radius 3 is 2.52 bits per heavy atom. The van der Waals surface area contributed by atoms with Gasteiger partial charge in [-0.15, -0.1) is 0 Å². The highest BCUT2D eigenvalue weighted by Crippen LogP contribution is 2.19. The van der Waals surface area contributed by atoms with Gasteiger partial charge in [0.2, 0.25) is 5.95 Å². The number of benzene rings is 2. The third kappa shape index (κ3) is 2.85. The van der Waals surface area contributed by atoms with Crippen LogP contribution in [-0.2, 0) is 0 Å². The molecule has 4 rings (SSSR count). The maximum Gasteiger partial charge on any atom is 0.256 e. The zero-order chi connectivity index (χ0) is 17.2. The van der Waals surface area contributed by atoms with Gasteiger partial charge in [0.15, 0.2) is 0 Å². The lowest BCUT2D eigenvalue weighted by Gasteiger charge is -2.08. The summed E-state index contributed by atoms with van der Waals surface area (Å²) < 4.78 is 1.77. The third-order valence-electron chi connectivity index (χ3n) is 3.97. The Bertz CT molecular complexity index is 1050. The lowest BCUT2D eigenvalue weighted by atomic mass is 10.0. The van der Waals surface area contributed by atoms with Crippen molar-refractivity contribution in [3.05, 3.63) is 78.6 Å². The molecule has 0 saturated carbocycles. The highest BCUT2D eigenvalue weighted by Gasteiger charge is 2.11. The van der Waals surface area contributed by atoms with Crippen LogP contribution in [0.5, 0.6) is 0 Å². The number of carbonyl (C=O) groups excluding carboxylic acids is 1. The fraction of sp³-hybridized carbons (Fsp3) is 0.0526. The first-order chi connectivity index (χ1) is 12.2. The molecule has 0 aliphatic carbocycles. The fourth-order valence-corrected chi connectivity index (χ4v) is 2.72. The van der Waals surface area contributed by atoms with Crippen molar-refractivity contribution in [2.45, 2.75) is 6.92 Å². The lowest BCUT2D eigenvalue weighted by molar-refractivity contribution is 0.102. The molecule has 25 heavy (non-hydrogen) atoms. The van der Waals surface area contributed by atoms with Crippen molar-refractivity contribution in [3.8, 4) is 5.95 Å². The smallest absolute Gasteiger partial charge is 0.256 e. The van der Waals surface area contributed by atoms with E-state index in [0.29, 0.717) is 17.2 Å². The molecule has 0 fully saturated rings. The van der Waals surface area contributed by atoms with E-state index in [1.54, 1.807) is 29.4 Å². The average molecular weight is 329 g/mol. The molecular weight excluding hydrogens is 314 g/mol. The molecule has 0 aliphatic heterocycles. The molecule has 4 aromatic rings. The van der Waals surface area contributed by atoms with E-state index in [4.69, 9.17) is 0 Å². The van der Waals surface area contributed by atoms with Crippen molar-refractivity contribution >= 4 is 22.4 Å². The van der Waals surface area contributed by atoms with E-state index in [1.165, 1.54) is 0 Å². The Morgan fingerprint density at radius 1 is 1.00 bits per heavy atom. The summed E-state index contributed by atoms with van der Waals surface area (Å²) in [6.45, 7) is 1.87. The quantitative estimate of drug-likeness (QED) is 0.625. The number of nitrogens with one attached hydrogen (secondary N) is 1. The molecule has 0 atom stereocenters. The van der Waals surface area contributed by atoms with E-state index in [9.17, 15) is 4.79 Å². The second-order valence-corrected chi connectivity index (χ2v) is 5.60. The third-order valence-corrected chi connectivity index (χ3v) is 3.97. The van der Waals surface area contributed by atoms with Crippen molar-refractivity contribution < 1.29 is 4.79 Å². The summed E-state index contributed by atoms with van der Waals surface area (Å²) >= 11 is 0. The largest absolute Gasteiger partial charge is 0.319 e. The Hall–Kier alpha value is -3.54. The van der Waals surface area contributed by atoms with Crippen LogP contribution in [0.15, 0.2) is 67.3 Å². The highest BCUT2D eigenvalue weighted by molar-refractivity contribution is 6.12. The molecule has 6 nitrogen and oxygen atoms in total. The summed E-state index contributed by atoms with van der Waals surface area (Å²) in [6, 6.07) is 13.5. The minimum Gasteiger partial charge on any atom is -0.319 e. The van der Waals surface area contributed by atoms with E-state index in [0.717, 1.165) is 16.6 Å². The summed E-state index contributed by atoms with van der Waals surface area (Å²) in [5.74, 6) is 1.12. The molecule has 6 heteroatoms. The first kappa shape index (κ1) is 15.0. The molecule has 0 spiro atoms. The van der Waals surface area contributed by atoms with Gasteiger partial charge in [-0.05, 0) is 23.8 Å². The Kier molecular flexibility index (Phi) is 3.70. The second kappa shape index (κ2) is 6.16. The number of rotatable bonds is 3. The van der Waals surface area contributed by atoms with Crippen LogP contribution >= 0.6 is 0 Å². The molecule has 1 amide bonds. The summed E-state index contributed by atoms with van der Waals surface area (Å²) in [6.07, 6.45) is 6.66. The Labute approximate surface area is 144 Å². The lowest BCUT2D eigenvalue weighted by Crippen LogP contribution is -2.13. The summed E-state index contributed by atoms with van der Waals surface area (Å²) in [5.41, 5.74) is 1.16. The number of amides is 1. The number of aromatic nitrogens is 4. The first-order valence-corrected chi connectivity index (χ1v) is 7.84. The standard InChI is InChI=1S/C19H15N5O/c1-13-20-9-10-24(13)19-21-11-15(12-22-19)23-18(25)17-8-4-6-14-5-2-3-7-16(14)17/h2-12H,1H3,(H,23,25). The van der Waals surface area contributed by atoms with Gasteiger partial charge in [0, 0.05) is 18.0 Å². The van der Waals surface area contributed by atoms with Crippen LogP contribution < -0.4 is 5.32 Å². The van der Waals surface area contributed by atoms with Crippen molar-refractivity contribution in [2.24, 2.45) is 0 Å². The number of imidazole rings is 1. The number of carbonyl (C=O) groups is 1. The Balaban J connectivity index is 1.59. The predicted octanol–water partition coefficient (Wildman–Crippen LogP) is 3.38. The minimum atomic E-state index is -0.188. The van der Waals surface area contributed by atoms with Gasteiger partial charge < -0.3 is 5.32 Å². The van der Waals surface area contributed by atoms with Gasteiger partial charge in [-0.1, -0.05) is 36.4 Å². The topological polar surface area (TPSA) is 72.7 Å². The van der Waals surface area contributed by atoms with Crippen LogP contribution in [0.1, 0.15) is 16.2 Å². The van der Waals surface area contributed by atoms with Gasteiger partial charge in [0.25, 0.3) is 5.91 Å². The van der Waals surface area contributed by atoms with Gasteiger partial charge in [-0.2, -0.15) is 0 Å². The van der Waals surface area contributed by atoms with Gasteiger partial charge >= 0.3 is 0 Å². The average Bonchev–Trinajstić information content (AvgIpc) is 3.08. The molecule has 2 aromatic heterocycles. The van der Waals surface area contributed by atoms with E-state index in [-0.39, 0.29) is 5.91 Å². The van der Waals surface area contributed by atoms with Gasteiger partial charge in [-0.3, -0.25) is 9.36 Å². The number of nitrogens with zero attached hydrogens (tertiary/aromatic N) is 4. The minimum absolute atomic E-state index is 0.188. The summed E-state index contributed by atoms with van der Waals surface area (Å²) in [7, 11) is 0. The van der Waals surface area contributed by atoms with Crippen LogP contribution in [0.3, 0.4) is 0 Å². The van der Waals surface area contributed by atoms with Gasteiger partial charge in [0.05, 0.1) is 18.1 Å². The molecule has 0 unspecified atom stereocenters. The molecule has 2 aromatic carbocycles. The predicted molar refractivity (Wildman–Crippen MR) is 95.8 cm³/mol. The first-order valence-electron chi connectivity index (χ1n) is 7.84. The van der Waals surface area contributed by atoms with Crippen molar-refractivity contribution in [1.82, 2.24) is 19.5 Å². The summed E-state index contributed by atoms with van der Waals surface area (Å²) in [5, 5.41) is 4.79. The zero-order valence-electron chi connectivity index (χ0n) is 13.5. The Morgan fingerprint density at radius 2 is 1.76 bits per heavy atom. The van der Waals surface area contributed by atoms with E-state index in [1.807, 2.05) is 49.4 Å². The van der Waals surface area contributed by atoms with Crippen molar-refractivity contribution in [3.63, 3.8) is 0 Å². The van der Waals surface area contributed by atoms with Crippen molar-refractivity contribution in [1.29, 1.82) is 0 Å². The van der Waals surface area contributed by atoms with E-state index >= 15 is 0 Å². The maximum atomic E-state index is 12.6. The monoisotopic (exact) mass is 329 g/mol. The van der Waals surface area contributed by atoms with E-state index < -0.39 is 0 Å². The second-order valence-electron chi connectivity index (χ2n) is 5.60. The van der Waals surface area contributed by atoms with Crippen LogP contribution in [-0.4, -0.2) is 25.4 Å². The van der Waals surface area contributed by atoms with Crippen LogP contribution in [0.4, 0.5) is 5.69 Å². The SMILES string of the molecule is Cc1nccn1-c1ncc(NC(=O)c2cccc3ccccc23)cn1. The molecule has 0 aliphatic rings. The van der Waals surface area contributed by atoms with Gasteiger partial charge in [0.1, 0.15) is 5.82 Å². The van der Waals surface area contributed by atoms with Crippen molar-refractivity contribution in [2.75, 3.05) is 5.32 Å². The zero-order valence-corrected chi connectivity index (χ0v) is 13.5.